The van der Waals surface area contributed by atoms with E-state index in [4.69, 9.17) is 17.3 Å². The Bertz CT molecular complexity index is 705. The third-order valence-electron chi connectivity index (χ3n) is 2.88. The predicted molar refractivity (Wildman–Crippen MR) is 71.8 cm³/mol. The van der Waals surface area contributed by atoms with E-state index >= 15 is 0 Å². The van der Waals surface area contributed by atoms with Gasteiger partial charge in [0.05, 0.1) is 11.2 Å². The molecule has 3 aromatic rings. The Morgan fingerprint density at radius 2 is 1.94 bits per heavy atom. The molecule has 90 valence electrons. The molecule has 0 amide bonds. The summed E-state index contributed by atoms with van der Waals surface area (Å²) < 4.78 is 1.77. The van der Waals surface area contributed by atoms with Gasteiger partial charge in [0.25, 0.3) is 0 Å². The topological polar surface area (TPSA) is 56.7 Å². The van der Waals surface area contributed by atoms with Crippen LogP contribution in [-0.2, 0) is 6.54 Å². The predicted octanol–water partition coefficient (Wildman–Crippen LogP) is 2.53. The molecular weight excluding hydrogens is 248 g/mol. The van der Waals surface area contributed by atoms with Crippen molar-refractivity contribution in [1.82, 2.24) is 15.0 Å². The molecule has 18 heavy (non-hydrogen) atoms. The summed E-state index contributed by atoms with van der Waals surface area (Å²) in [5, 5.41) is 8.94. The number of hydrogen-bond acceptors (Lipinski definition) is 3. The second kappa shape index (κ2) is 4.40. The van der Waals surface area contributed by atoms with E-state index in [1.807, 2.05) is 42.5 Å². The van der Waals surface area contributed by atoms with Crippen LogP contribution >= 0.6 is 11.6 Å². The van der Waals surface area contributed by atoms with Crippen molar-refractivity contribution in [3.05, 3.63) is 53.1 Å². The summed E-state index contributed by atoms with van der Waals surface area (Å²) in [6.45, 7) is 0.364. The van der Waals surface area contributed by atoms with E-state index in [9.17, 15) is 0 Å². The molecule has 5 heteroatoms. The van der Waals surface area contributed by atoms with Crippen molar-refractivity contribution in [2.24, 2.45) is 5.73 Å². The molecule has 0 fully saturated rings. The van der Waals surface area contributed by atoms with Gasteiger partial charge < -0.3 is 5.73 Å². The fraction of sp³-hybridized carbons (Fsp3) is 0.0769. The Hall–Kier alpha value is -1.91. The molecule has 0 saturated carbocycles. The third kappa shape index (κ3) is 1.66. The molecule has 0 radical (unpaired) electrons. The average Bonchev–Trinajstić information content (AvgIpc) is 2.82. The van der Waals surface area contributed by atoms with Gasteiger partial charge in [0.2, 0.25) is 0 Å². The molecule has 2 aromatic carbocycles. The Morgan fingerprint density at radius 3 is 2.78 bits per heavy atom. The number of nitrogens with zero attached hydrogens (tertiary/aromatic N) is 3. The molecule has 0 aliphatic rings. The lowest BCUT2D eigenvalue weighted by molar-refractivity contribution is 0.811. The minimum Gasteiger partial charge on any atom is -0.326 e. The van der Waals surface area contributed by atoms with Crippen molar-refractivity contribution in [1.29, 1.82) is 0 Å². The van der Waals surface area contributed by atoms with Gasteiger partial charge in [-0.15, -0.1) is 5.10 Å². The van der Waals surface area contributed by atoms with Gasteiger partial charge in [-0.3, -0.25) is 0 Å². The van der Waals surface area contributed by atoms with Crippen LogP contribution in [0.15, 0.2) is 42.5 Å². The Morgan fingerprint density at radius 1 is 1.11 bits per heavy atom. The van der Waals surface area contributed by atoms with E-state index in [1.165, 1.54) is 0 Å². The smallest absolute Gasteiger partial charge is 0.113 e. The van der Waals surface area contributed by atoms with Crippen LogP contribution in [0.5, 0.6) is 0 Å². The van der Waals surface area contributed by atoms with E-state index in [2.05, 4.69) is 10.3 Å². The molecular formula is C13H11ClN4. The Balaban J connectivity index is 2.30. The molecule has 1 aromatic heterocycles. The standard InChI is InChI=1S/C13H11ClN4/c14-10-4-3-7-12(9(10)8-15)18-13-6-2-1-5-11(13)16-17-18/h1-7H,8,15H2. The zero-order valence-corrected chi connectivity index (χ0v) is 10.3. The zero-order valence-electron chi connectivity index (χ0n) is 9.55. The second-order valence-corrected chi connectivity index (χ2v) is 4.34. The summed E-state index contributed by atoms with van der Waals surface area (Å²) >= 11 is 6.16. The highest BCUT2D eigenvalue weighted by molar-refractivity contribution is 6.31. The summed E-state index contributed by atoms with van der Waals surface area (Å²) in [7, 11) is 0. The zero-order chi connectivity index (χ0) is 12.5. The van der Waals surface area contributed by atoms with Crippen LogP contribution in [0.3, 0.4) is 0 Å². The lowest BCUT2D eigenvalue weighted by Gasteiger charge is -2.09. The first-order chi connectivity index (χ1) is 8.81. The number of fused-ring (bicyclic) bond motifs is 1. The SMILES string of the molecule is NCc1c(Cl)cccc1-n1nnc2ccccc21. The van der Waals surface area contributed by atoms with Gasteiger partial charge in [-0.1, -0.05) is 35.0 Å². The van der Waals surface area contributed by atoms with Crippen molar-refractivity contribution in [3.8, 4) is 5.69 Å². The van der Waals surface area contributed by atoms with E-state index in [0.717, 1.165) is 22.3 Å². The second-order valence-electron chi connectivity index (χ2n) is 3.93. The number of rotatable bonds is 2. The maximum absolute atomic E-state index is 6.16. The van der Waals surface area contributed by atoms with Crippen LogP contribution in [0.4, 0.5) is 0 Å². The quantitative estimate of drug-likeness (QED) is 0.768. The van der Waals surface area contributed by atoms with Crippen molar-refractivity contribution < 1.29 is 0 Å². The first-order valence-electron chi connectivity index (χ1n) is 5.59. The van der Waals surface area contributed by atoms with E-state index in [-0.39, 0.29) is 0 Å². The molecule has 0 aliphatic carbocycles. The Labute approximate surface area is 109 Å². The molecule has 0 aliphatic heterocycles. The maximum atomic E-state index is 6.16. The molecule has 3 rings (SSSR count). The lowest BCUT2D eigenvalue weighted by atomic mass is 10.1. The summed E-state index contributed by atoms with van der Waals surface area (Å²) in [5.74, 6) is 0. The van der Waals surface area contributed by atoms with Crippen molar-refractivity contribution in [3.63, 3.8) is 0 Å². The monoisotopic (exact) mass is 258 g/mol. The number of benzene rings is 2. The van der Waals surface area contributed by atoms with Gasteiger partial charge in [-0.2, -0.15) is 0 Å². The summed E-state index contributed by atoms with van der Waals surface area (Å²) in [6.07, 6.45) is 0. The van der Waals surface area contributed by atoms with Crippen molar-refractivity contribution in [2.45, 2.75) is 6.54 Å². The highest BCUT2D eigenvalue weighted by Gasteiger charge is 2.11. The molecule has 0 spiro atoms. The largest absolute Gasteiger partial charge is 0.326 e. The fourth-order valence-electron chi connectivity index (χ4n) is 1.99. The van der Waals surface area contributed by atoms with Crippen LogP contribution in [-0.4, -0.2) is 15.0 Å². The highest BCUT2D eigenvalue weighted by atomic mass is 35.5. The van der Waals surface area contributed by atoms with E-state index in [1.54, 1.807) is 4.68 Å². The Kier molecular flexibility index (Phi) is 2.74. The lowest BCUT2D eigenvalue weighted by Crippen LogP contribution is -2.06. The molecule has 0 bridgehead atoms. The summed E-state index contributed by atoms with van der Waals surface area (Å²) in [4.78, 5) is 0. The normalized spacial score (nSPS) is 11.0. The molecule has 0 atom stereocenters. The van der Waals surface area contributed by atoms with Gasteiger partial charge in [0, 0.05) is 17.1 Å². The molecule has 0 unspecified atom stereocenters. The van der Waals surface area contributed by atoms with Crippen LogP contribution < -0.4 is 5.73 Å². The number of halogens is 1. The molecule has 2 N–H and O–H groups in total. The summed E-state index contributed by atoms with van der Waals surface area (Å²) in [5.41, 5.74) is 9.29. The van der Waals surface area contributed by atoms with Gasteiger partial charge in [-0.05, 0) is 24.3 Å². The van der Waals surface area contributed by atoms with Crippen LogP contribution in [0.25, 0.3) is 16.7 Å². The first kappa shape index (κ1) is 11.2. The van der Waals surface area contributed by atoms with Crippen LogP contribution in [0, 0.1) is 0 Å². The van der Waals surface area contributed by atoms with Crippen molar-refractivity contribution >= 4 is 22.6 Å². The van der Waals surface area contributed by atoms with Crippen LogP contribution in [0.1, 0.15) is 5.56 Å². The van der Waals surface area contributed by atoms with E-state index < -0.39 is 0 Å². The van der Waals surface area contributed by atoms with E-state index in [0.29, 0.717) is 11.6 Å². The van der Waals surface area contributed by atoms with Crippen molar-refractivity contribution in [2.75, 3.05) is 0 Å². The number of hydrogen-bond donors (Lipinski definition) is 1. The van der Waals surface area contributed by atoms with Gasteiger partial charge in [-0.25, -0.2) is 4.68 Å². The first-order valence-corrected chi connectivity index (χ1v) is 5.97. The number of aromatic nitrogens is 3. The molecule has 1 heterocycles. The summed E-state index contributed by atoms with van der Waals surface area (Å²) in [6, 6.07) is 13.4. The number of para-hydroxylation sites is 1. The van der Waals surface area contributed by atoms with Crippen LogP contribution in [0.2, 0.25) is 5.02 Å². The van der Waals surface area contributed by atoms with Gasteiger partial charge in [0.15, 0.2) is 0 Å². The third-order valence-corrected chi connectivity index (χ3v) is 3.23. The molecule has 0 saturated heterocycles. The average molecular weight is 259 g/mol. The van der Waals surface area contributed by atoms with Gasteiger partial charge >= 0.3 is 0 Å². The minimum atomic E-state index is 0.364. The number of nitrogens with two attached hydrogens (primary N) is 1. The fourth-order valence-corrected chi connectivity index (χ4v) is 2.24. The highest BCUT2D eigenvalue weighted by Crippen LogP contribution is 2.24. The molecule has 4 nitrogen and oxygen atoms in total. The minimum absolute atomic E-state index is 0.364. The van der Waals surface area contributed by atoms with Gasteiger partial charge in [0.1, 0.15) is 5.52 Å². The maximum Gasteiger partial charge on any atom is 0.113 e.